The van der Waals surface area contributed by atoms with Gasteiger partial charge in [0.05, 0.1) is 17.4 Å². The van der Waals surface area contributed by atoms with Gasteiger partial charge in [0.15, 0.2) is 5.78 Å². The van der Waals surface area contributed by atoms with Crippen molar-refractivity contribution in [2.75, 3.05) is 10.6 Å². The molecule has 2 N–H and O–H groups in total. The highest BCUT2D eigenvalue weighted by Crippen LogP contribution is 2.45. The van der Waals surface area contributed by atoms with Gasteiger partial charge in [0.25, 0.3) is 0 Å². The van der Waals surface area contributed by atoms with Gasteiger partial charge in [0.2, 0.25) is 0 Å². The monoisotopic (exact) mass is 406 g/mol. The first-order valence-corrected chi connectivity index (χ1v) is 10.7. The van der Waals surface area contributed by atoms with Gasteiger partial charge < -0.3 is 10.6 Å². The Morgan fingerprint density at radius 1 is 0.964 bits per heavy atom. The third kappa shape index (κ3) is 3.03. The van der Waals surface area contributed by atoms with Gasteiger partial charge in [-0.2, -0.15) is 11.3 Å². The molecule has 0 radical (unpaired) electrons. The van der Waals surface area contributed by atoms with E-state index >= 15 is 0 Å². The lowest BCUT2D eigenvalue weighted by atomic mass is 9.79. The number of allylic oxidation sites excluding steroid dienone is 1. The van der Waals surface area contributed by atoms with Crippen molar-refractivity contribution >= 4 is 40.1 Å². The normalized spacial score (nSPS) is 21.2. The van der Waals surface area contributed by atoms with E-state index in [4.69, 9.17) is 11.6 Å². The van der Waals surface area contributed by atoms with Gasteiger partial charge in [0, 0.05) is 22.7 Å². The first-order chi connectivity index (χ1) is 13.7. The molecule has 2 heterocycles. The lowest BCUT2D eigenvalue weighted by Gasteiger charge is -2.29. The fraction of sp³-hybridized carbons (Fsp3) is 0.174. The van der Waals surface area contributed by atoms with Gasteiger partial charge in [0.1, 0.15) is 0 Å². The largest absolute Gasteiger partial charge is 0.372 e. The molecule has 5 rings (SSSR count). The molecule has 0 unspecified atom stereocenters. The first-order valence-electron chi connectivity index (χ1n) is 9.36. The number of benzene rings is 2. The van der Waals surface area contributed by atoms with Crippen LogP contribution >= 0.6 is 22.9 Å². The molecule has 140 valence electrons. The summed E-state index contributed by atoms with van der Waals surface area (Å²) in [5.41, 5.74) is 6.02. The van der Waals surface area contributed by atoms with E-state index in [-0.39, 0.29) is 17.7 Å². The predicted molar refractivity (Wildman–Crippen MR) is 116 cm³/mol. The Hall–Kier alpha value is -2.56. The number of carbonyl (C=O) groups excluding carboxylic acids is 1. The maximum Gasteiger partial charge on any atom is 0.163 e. The number of halogens is 1. The summed E-state index contributed by atoms with van der Waals surface area (Å²) in [6.45, 7) is 0. The van der Waals surface area contributed by atoms with Crippen molar-refractivity contribution in [2.45, 2.75) is 24.8 Å². The molecule has 0 saturated heterocycles. The maximum atomic E-state index is 13.4. The lowest BCUT2D eigenvalue weighted by Crippen LogP contribution is -2.26. The number of nitrogens with one attached hydrogen (secondary N) is 2. The SMILES string of the molecule is O=C1C[C@H](c2ccccc2Cl)CC2=C1[C@@H](c1ccsc1)Nc1ccccc1N2. The van der Waals surface area contributed by atoms with Crippen molar-refractivity contribution in [3.05, 3.63) is 92.8 Å². The van der Waals surface area contributed by atoms with Gasteiger partial charge >= 0.3 is 0 Å². The van der Waals surface area contributed by atoms with Crippen molar-refractivity contribution in [2.24, 2.45) is 0 Å². The molecule has 0 bridgehead atoms. The number of Topliss-reactive ketones (excluding diaryl/α,β-unsaturated/α-hetero) is 1. The molecular weight excluding hydrogens is 388 g/mol. The minimum atomic E-state index is -0.142. The van der Waals surface area contributed by atoms with E-state index in [2.05, 4.69) is 33.5 Å². The summed E-state index contributed by atoms with van der Waals surface area (Å²) in [6.07, 6.45) is 1.24. The van der Waals surface area contributed by atoms with Gasteiger partial charge in [-0.15, -0.1) is 0 Å². The van der Waals surface area contributed by atoms with Crippen LogP contribution in [-0.2, 0) is 4.79 Å². The molecule has 28 heavy (non-hydrogen) atoms. The number of anilines is 2. The van der Waals surface area contributed by atoms with Crippen LogP contribution in [-0.4, -0.2) is 5.78 Å². The zero-order valence-electron chi connectivity index (χ0n) is 15.1. The Morgan fingerprint density at radius 2 is 1.75 bits per heavy atom. The maximum absolute atomic E-state index is 13.4. The summed E-state index contributed by atoms with van der Waals surface area (Å²) in [5.74, 6) is 0.260. The van der Waals surface area contributed by atoms with Crippen LogP contribution in [0.1, 0.15) is 35.9 Å². The molecular formula is C23H19ClN2OS. The van der Waals surface area contributed by atoms with Crippen molar-refractivity contribution in [3.8, 4) is 0 Å². The van der Waals surface area contributed by atoms with Crippen LogP contribution in [0.15, 0.2) is 76.6 Å². The summed E-state index contributed by atoms with van der Waals surface area (Å²) >= 11 is 8.09. The van der Waals surface area contributed by atoms with Crippen LogP contribution in [0.3, 0.4) is 0 Å². The second kappa shape index (κ2) is 7.12. The number of para-hydroxylation sites is 2. The van der Waals surface area contributed by atoms with Gasteiger partial charge in [-0.25, -0.2) is 0 Å². The first kappa shape index (κ1) is 17.5. The summed E-state index contributed by atoms with van der Waals surface area (Å²) in [5, 5.41) is 12.1. The van der Waals surface area contributed by atoms with Crippen molar-refractivity contribution in [1.29, 1.82) is 0 Å². The molecule has 2 aliphatic rings. The average Bonchev–Trinajstić information content (AvgIpc) is 3.17. The standard InChI is InChI=1S/C23H19ClN2OS/c24-17-6-2-1-5-16(17)15-11-20-22(21(27)12-15)23(14-9-10-28-13-14)26-19-8-4-3-7-18(19)25-20/h1-10,13,15,23,25-26H,11-12H2/t15-,23-/m1/s1. The quantitative estimate of drug-likeness (QED) is 0.518. The summed E-state index contributed by atoms with van der Waals surface area (Å²) < 4.78 is 0. The highest BCUT2D eigenvalue weighted by molar-refractivity contribution is 7.08. The van der Waals surface area contributed by atoms with Crippen LogP contribution in [0, 0.1) is 0 Å². The van der Waals surface area contributed by atoms with Crippen LogP contribution in [0.25, 0.3) is 0 Å². The Labute approximate surface area is 173 Å². The molecule has 5 heteroatoms. The highest BCUT2D eigenvalue weighted by atomic mass is 35.5. The Balaban J connectivity index is 1.62. The zero-order chi connectivity index (χ0) is 19.1. The number of hydrogen-bond donors (Lipinski definition) is 2. The molecule has 2 atom stereocenters. The van der Waals surface area contributed by atoms with Crippen LogP contribution in [0.2, 0.25) is 5.02 Å². The molecule has 2 aromatic carbocycles. The second-order valence-corrected chi connectivity index (χ2v) is 8.43. The molecule has 0 spiro atoms. The van der Waals surface area contributed by atoms with E-state index in [0.29, 0.717) is 6.42 Å². The topological polar surface area (TPSA) is 41.1 Å². The molecule has 0 amide bonds. The molecule has 3 aromatic rings. The molecule has 0 saturated carbocycles. The van der Waals surface area contributed by atoms with E-state index in [1.165, 1.54) is 0 Å². The van der Waals surface area contributed by atoms with E-state index in [1.54, 1.807) is 11.3 Å². The Bertz CT molecular complexity index is 1070. The fourth-order valence-electron chi connectivity index (χ4n) is 4.21. The molecule has 1 aliphatic carbocycles. The molecule has 1 aromatic heterocycles. The summed E-state index contributed by atoms with van der Waals surface area (Å²) in [6, 6.07) is 17.9. The number of rotatable bonds is 2. The third-order valence-electron chi connectivity index (χ3n) is 5.53. The van der Waals surface area contributed by atoms with Crippen molar-refractivity contribution < 1.29 is 4.79 Å². The van der Waals surface area contributed by atoms with Crippen LogP contribution < -0.4 is 10.6 Å². The molecule has 3 nitrogen and oxygen atoms in total. The van der Waals surface area contributed by atoms with E-state index < -0.39 is 0 Å². The molecule has 0 fully saturated rings. The summed E-state index contributed by atoms with van der Waals surface area (Å²) in [4.78, 5) is 13.4. The minimum Gasteiger partial charge on any atom is -0.372 e. The number of carbonyl (C=O) groups is 1. The van der Waals surface area contributed by atoms with Gasteiger partial charge in [-0.3, -0.25) is 4.79 Å². The fourth-order valence-corrected chi connectivity index (χ4v) is 5.18. The molecule has 1 aliphatic heterocycles. The van der Waals surface area contributed by atoms with Crippen LogP contribution in [0.4, 0.5) is 11.4 Å². The van der Waals surface area contributed by atoms with E-state index in [0.717, 1.165) is 45.2 Å². The second-order valence-electron chi connectivity index (χ2n) is 7.25. The highest BCUT2D eigenvalue weighted by Gasteiger charge is 2.36. The van der Waals surface area contributed by atoms with Crippen LogP contribution in [0.5, 0.6) is 0 Å². The van der Waals surface area contributed by atoms with Gasteiger partial charge in [-0.1, -0.05) is 41.9 Å². The minimum absolute atomic E-state index is 0.0841. The predicted octanol–water partition coefficient (Wildman–Crippen LogP) is 6.38. The smallest absolute Gasteiger partial charge is 0.163 e. The zero-order valence-corrected chi connectivity index (χ0v) is 16.7. The Kier molecular flexibility index (Phi) is 4.46. The number of thiophene rings is 1. The lowest BCUT2D eigenvalue weighted by molar-refractivity contribution is -0.116. The Morgan fingerprint density at radius 3 is 2.54 bits per heavy atom. The third-order valence-corrected chi connectivity index (χ3v) is 6.58. The van der Waals surface area contributed by atoms with Gasteiger partial charge in [-0.05, 0) is 58.5 Å². The van der Waals surface area contributed by atoms with E-state index in [9.17, 15) is 4.79 Å². The van der Waals surface area contributed by atoms with Crippen molar-refractivity contribution in [1.82, 2.24) is 0 Å². The number of hydrogen-bond acceptors (Lipinski definition) is 4. The number of fused-ring (bicyclic) bond motifs is 1. The number of ketones is 1. The van der Waals surface area contributed by atoms with Crippen molar-refractivity contribution in [3.63, 3.8) is 0 Å². The average molecular weight is 407 g/mol. The van der Waals surface area contributed by atoms with E-state index in [1.807, 2.05) is 42.5 Å². The summed E-state index contributed by atoms with van der Waals surface area (Å²) in [7, 11) is 0.